The molecule has 2 aliphatic rings. The van der Waals surface area contributed by atoms with Gasteiger partial charge in [0.05, 0.1) is 13.2 Å². The molecule has 0 amide bonds. The van der Waals surface area contributed by atoms with Crippen LogP contribution >= 0.6 is 0 Å². The molecule has 1 spiro atoms. The van der Waals surface area contributed by atoms with Crippen LogP contribution in [0.4, 0.5) is 0 Å². The van der Waals surface area contributed by atoms with Gasteiger partial charge in [0.15, 0.2) is 0 Å². The Morgan fingerprint density at radius 1 is 1.45 bits per heavy atom. The fourth-order valence-corrected chi connectivity index (χ4v) is 1.46. The highest BCUT2D eigenvalue weighted by atomic mass is 16.7. The monoisotopic (exact) mass is 154 g/mol. The third kappa shape index (κ3) is 1.01. The summed E-state index contributed by atoms with van der Waals surface area (Å²) in [6.07, 6.45) is 4.89. The van der Waals surface area contributed by atoms with Gasteiger partial charge in [-0.3, -0.25) is 4.79 Å². The van der Waals surface area contributed by atoms with Gasteiger partial charge in [-0.2, -0.15) is 0 Å². The van der Waals surface area contributed by atoms with Crippen LogP contribution in [-0.4, -0.2) is 24.8 Å². The highest BCUT2D eigenvalue weighted by Gasteiger charge is 2.43. The summed E-state index contributed by atoms with van der Waals surface area (Å²) >= 11 is 0. The van der Waals surface area contributed by atoms with E-state index in [0.29, 0.717) is 19.6 Å². The summed E-state index contributed by atoms with van der Waals surface area (Å²) in [7, 11) is 0. The summed E-state index contributed by atoms with van der Waals surface area (Å²) in [4.78, 5) is 11.3. The van der Waals surface area contributed by atoms with Crippen LogP contribution in [0.25, 0.3) is 0 Å². The fourth-order valence-electron chi connectivity index (χ4n) is 1.46. The van der Waals surface area contributed by atoms with E-state index >= 15 is 0 Å². The number of rotatable bonds is 0. The summed E-state index contributed by atoms with van der Waals surface area (Å²) in [6.45, 7) is 1.13. The van der Waals surface area contributed by atoms with E-state index in [9.17, 15) is 4.79 Å². The minimum absolute atomic E-state index is 0.0405. The van der Waals surface area contributed by atoms with Crippen LogP contribution in [0.1, 0.15) is 12.8 Å². The molecule has 0 unspecified atom stereocenters. The molecule has 11 heavy (non-hydrogen) atoms. The van der Waals surface area contributed by atoms with Crippen LogP contribution in [0, 0.1) is 0 Å². The molecule has 0 aromatic heterocycles. The molecule has 0 bridgehead atoms. The van der Waals surface area contributed by atoms with Crippen molar-refractivity contribution in [2.45, 2.75) is 18.6 Å². The van der Waals surface area contributed by atoms with Crippen LogP contribution in [0.2, 0.25) is 0 Å². The van der Waals surface area contributed by atoms with Gasteiger partial charge in [0.1, 0.15) is 0 Å². The Morgan fingerprint density at radius 3 is 3.00 bits per heavy atom. The average Bonchev–Trinajstić information content (AvgIpc) is 2.46. The van der Waals surface area contributed by atoms with E-state index < -0.39 is 5.79 Å². The third-order valence-electron chi connectivity index (χ3n) is 2.04. The van der Waals surface area contributed by atoms with E-state index in [1.807, 2.05) is 0 Å². The fraction of sp³-hybridized carbons (Fsp3) is 0.625. The normalized spacial score (nSPS) is 36.9. The summed E-state index contributed by atoms with van der Waals surface area (Å²) in [6, 6.07) is 0. The first-order valence-electron chi connectivity index (χ1n) is 3.82. The number of hydrogen-bond donors (Lipinski definition) is 0. The molecule has 2 heterocycles. The second kappa shape index (κ2) is 2.43. The SMILES string of the molecule is O=C1C=CCO[C@@]12CCCO2. The number of carbonyl (C=O) groups excluding carboxylic acids is 1. The van der Waals surface area contributed by atoms with Gasteiger partial charge in [0.25, 0.3) is 0 Å². The highest BCUT2D eigenvalue weighted by molar-refractivity contribution is 5.96. The zero-order chi connectivity index (χ0) is 7.73. The maximum atomic E-state index is 11.3. The van der Waals surface area contributed by atoms with Gasteiger partial charge >= 0.3 is 0 Å². The van der Waals surface area contributed by atoms with Crippen molar-refractivity contribution in [3.63, 3.8) is 0 Å². The van der Waals surface area contributed by atoms with Crippen LogP contribution < -0.4 is 0 Å². The second-order valence-corrected chi connectivity index (χ2v) is 2.78. The maximum absolute atomic E-state index is 11.3. The Morgan fingerprint density at radius 2 is 2.36 bits per heavy atom. The molecular formula is C8H10O3. The van der Waals surface area contributed by atoms with E-state index in [0.717, 1.165) is 6.42 Å². The van der Waals surface area contributed by atoms with Crippen LogP contribution in [0.15, 0.2) is 12.2 Å². The van der Waals surface area contributed by atoms with Crippen molar-refractivity contribution in [3.8, 4) is 0 Å². The van der Waals surface area contributed by atoms with E-state index in [2.05, 4.69) is 0 Å². The Balaban J connectivity index is 2.23. The molecule has 2 rings (SSSR count). The van der Waals surface area contributed by atoms with Crippen molar-refractivity contribution in [3.05, 3.63) is 12.2 Å². The molecule has 3 nitrogen and oxygen atoms in total. The molecule has 60 valence electrons. The predicted octanol–water partition coefficient (Wildman–Crippen LogP) is 0.649. The Bertz CT molecular complexity index is 201. The standard InChI is InChI=1S/C8H10O3/c9-7-3-1-5-10-8(7)4-2-6-11-8/h1,3H,2,4-6H2/t8-/m1/s1. The topological polar surface area (TPSA) is 35.5 Å². The minimum Gasteiger partial charge on any atom is -0.343 e. The van der Waals surface area contributed by atoms with Gasteiger partial charge in [-0.05, 0) is 12.5 Å². The second-order valence-electron chi connectivity index (χ2n) is 2.78. The van der Waals surface area contributed by atoms with Crippen molar-refractivity contribution < 1.29 is 14.3 Å². The average molecular weight is 154 g/mol. The first kappa shape index (κ1) is 7.00. The van der Waals surface area contributed by atoms with Crippen molar-refractivity contribution in [1.29, 1.82) is 0 Å². The summed E-state index contributed by atoms with van der Waals surface area (Å²) in [5.74, 6) is -0.935. The zero-order valence-corrected chi connectivity index (χ0v) is 6.21. The number of hydrogen-bond acceptors (Lipinski definition) is 3. The molecule has 1 atom stereocenters. The lowest BCUT2D eigenvalue weighted by Crippen LogP contribution is -2.42. The minimum atomic E-state index is -0.894. The summed E-state index contributed by atoms with van der Waals surface area (Å²) < 4.78 is 10.6. The van der Waals surface area contributed by atoms with Crippen LogP contribution in [0.5, 0.6) is 0 Å². The molecule has 0 N–H and O–H groups in total. The van der Waals surface area contributed by atoms with Gasteiger partial charge in [0.2, 0.25) is 11.6 Å². The van der Waals surface area contributed by atoms with Crippen molar-refractivity contribution in [2.75, 3.05) is 13.2 Å². The number of carbonyl (C=O) groups is 1. The molecule has 0 aliphatic carbocycles. The van der Waals surface area contributed by atoms with Gasteiger partial charge < -0.3 is 9.47 Å². The Kier molecular flexibility index (Phi) is 1.55. The maximum Gasteiger partial charge on any atom is 0.233 e. The first-order chi connectivity index (χ1) is 5.33. The van der Waals surface area contributed by atoms with Gasteiger partial charge in [-0.15, -0.1) is 0 Å². The molecule has 0 radical (unpaired) electrons. The van der Waals surface area contributed by atoms with E-state index in [1.165, 1.54) is 0 Å². The lowest BCUT2D eigenvalue weighted by molar-refractivity contribution is -0.203. The molecule has 1 fully saturated rings. The van der Waals surface area contributed by atoms with E-state index in [-0.39, 0.29) is 5.78 Å². The Labute approximate surface area is 65.0 Å². The summed E-state index contributed by atoms with van der Waals surface area (Å²) in [5, 5.41) is 0. The van der Waals surface area contributed by atoms with Gasteiger partial charge in [-0.1, -0.05) is 6.08 Å². The highest BCUT2D eigenvalue weighted by Crippen LogP contribution is 2.30. The molecule has 0 aromatic rings. The van der Waals surface area contributed by atoms with Gasteiger partial charge in [-0.25, -0.2) is 0 Å². The van der Waals surface area contributed by atoms with E-state index in [1.54, 1.807) is 12.2 Å². The zero-order valence-electron chi connectivity index (χ0n) is 6.21. The third-order valence-corrected chi connectivity index (χ3v) is 2.04. The lowest BCUT2D eigenvalue weighted by atomic mass is 10.1. The van der Waals surface area contributed by atoms with Crippen molar-refractivity contribution in [2.24, 2.45) is 0 Å². The molecular weight excluding hydrogens is 144 g/mol. The van der Waals surface area contributed by atoms with Crippen LogP contribution in [-0.2, 0) is 14.3 Å². The smallest absolute Gasteiger partial charge is 0.233 e. The Hall–Kier alpha value is -0.670. The lowest BCUT2D eigenvalue weighted by Gasteiger charge is -2.27. The quantitative estimate of drug-likeness (QED) is 0.514. The van der Waals surface area contributed by atoms with Gasteiger partial charge in [0, 0.05) is 6.42 Å². The molecule has 2 aliphatic heterocycles. The molecule has 0 saturated carbocycles. The van der Waals surface area contributed by atoms with E-state index in [4.69, 9.17) is 9.47 Å². The molecule has 3 heteroatoms. The molecule has 1 saturated heterocycles. The summed E-state index contributed by atoms with van der Waals surface area (Å²) in [5.41, 5.74) is 0. The molecule has 0 aromatic carbocycles. The predicted molar refractivity (Wildman–Crippen MR) is 38.0 cm³/mol. The first-order valence-corrected chi connectivity index (χ1v) is 3.82. The number of ether oxygens (including phenoxy) is 2. The number of ketones is 1. The largest absolute Gasteiger partial charge is 0.343 e. The van der Waals surface area contributed by atoms with Crippen molar-refractivity contribution in [1.82, 2.24) is 0 Å². The van der Waals surface area contributed by atoms with Crippen molar-refractivity contribution >= 4 is 5.78 Å². The van der Waals surface area contributed by atoms with Crippen LogP contribution in [0.3, 0.4) is 0 Å².